The Kier molecular flexibility index (Phi) is 5.50. The predicted octanol–water partition coefficient (Wildman–Crippen LogP) is 5.48. The van der Waals surface area contributed by atoms with Crippen LogP contribution < -0.4 is 0 Å². The highest BCUT2D eigenvalue weighted by atomic mass is 14.0. The summed E-state index contributed by atoms with van der Waals surface area (Å²) in [5.41, 5.74) is 5.11. The predicted molar refractivity (Wildman–Crippen MR) is 106 cm³/mol. The molecule has 0 aliphatic carbocycles. The third-order valence-electron chi connectivity index (χ3n) is 3.62. The van der Waals surface area contributed by atoms with Crippen molar-refractivity contribution in [3.05, 3.63) is 113 Å². The van der Waals surface area contributed by atoms with Crippen molar-refractivity contribution in [2.75, 3.05) is 0 Å². The molecule has 0 aromatic heterocycles. The Morgan fingerprint density at radius 1 is 0.640 bits per heavy atom. The van der Waals surface area contributed by atoms with Crippen molar-refractivity contribution in [2.45, 2.75) is 6.92 Å². The molecule has 0 saturated carbocycles. The van der Waals surface area contributed by atoms with Crippen LogP contribution in [0.25, 0.3) is 6.08 Å². The molecule has 3 aromatic rings. The minimum Gasteiger partial charge on any atom is -0.0622 e. The van der Waals surface area contributed by atoms with Crippen molar-refractivity contribution < 1.29 is 0 Å². The van der Waals surface area contributed by atoms with E-state index in [1.54, 1.807) is 0 Å². The van der Waals surface area contributed by atoms with Crippen LogP contribution in [0.3, 0.4) is 0 Å². The molecule has 25 heavy (non-hydrogen) atoms. The molecular formula is C25H18. The van der Waals surface area contributed by atoms with Gasteiger partial charge in [0.05, 0.1) is 5.57 Å². The molecule has 0 atom stereocenters. The summed E-state index contributed by atoms with van der Waals surface area (Å²) < 4.78 is 0. The minimum absolute atomic E-state index is 0.802. The van der Waals surface area contributed by atoms with Gasteiger partial charge in [0.2, 0.25) is 0 Å². The fraction of sp³-hybridized carbons (Fsp3) is 0.0400. The normalized spacial score (nSPS) is 9.16. The van der Waals surface area contributed by atoms with Crippen LogP contribution in [0.5, 0.6) is 0 Å². The van der Waals surface area contributed by atoms with Crippen molar-refractivity contribution in [1.29, 1.82) is 0 Å². The third kappa shape index (κ3) is 5.28. The first-order valence-corrected chi connectivity index (χ1v) is 8.22. The maximum Gasteiger partial charge on any atom is 0.0757 e. The van der Waals surface area contributed by atoms with E-state index in [-0.39, 0.29) is 0 Å². The largest absolute Gasteiger partial charge is 0.0757 e. The Hall–Kier alpha value is -3.48. The number of hydrogen-bond acceptors (Lipinski definition) is 0. The van der Waals surface area contributed by atoms with E-state index in [9.17, 15) is 0 Å². The SMILES string of the molecule is Cc1ccc(C=C(C#Cc2ccccc2)C#Cc2ccccc2)cc1. The molecule has 0 N–H and O–H groups in total. The first-order chi connectivity index (χ1) is 12.3. The number of hydrogen-bond donors (Lipinski definition) is 0. The van der Waals surface area contributed by atoms with Gasteiger partial charge in [0, 0.05) is 11.1 Å². The Morgan fingerprint density at radius 3 is 1.60 bits per heavy atom. The summed E-state index contributed by atoms with van der Waals surface area (Å²) in [5.74, 6) is 12.8. The molecule has 0 fully saturated rings. The second-order valence-electron chi connectivity index (χ2n) is 5.70. The van der Waals surface area contributed by atoms with Crippen molar-refractivity contribution in [3.8, 4) is 23.7 Å². The van der Waals surface area contributed by atoms with Gasteiger partial charge in [-0.1, -0.05) is 89.9 Å². The van der Waals surface area contributed by atoms with Crippen LogP contribution in [-0.4, -0.2) is 0 Å². The number of aryl methyl sites for hydroxylation is 1. The second-order valence-corrected chi connectivity index (χ2v) is 5.70. The number of benzene rings is 3. The van der Waals surface area contributed by atoms with E-state index in [0.29, 0.717) is 0 Å². The molecule has 0 unspecified atom stereocenters. The molecular weight excluding hydrogens is 300 g/mol. The first kappa shape index (κ1) is 16.4. The quantitative estimate of drug-likeness (QED) is 0.521. The summed E-state index contributed by atoms with van der Waals surface area (Å²) in [6.07, 6.45) is 2.03. The third-order valence-corrected chi connectivity index (χ3v) is 3.62. The summed E-state index contributed by atoms with van der Waals surface area (Å²) in [4.78, 5) is 0. The van der Waals surface area contributed by atoms with Gasteiger partial charge >= 0.3 is 0 Å². The van der Waals surface area contributed by atoms with E-state index < -0.39 is 0 Å². The molecule has 0 aliphatic rings. The van der Waals surface area contributed by atoms with Gasteiger partial charge in [-0.2, -0.15) is 0 Å². The lowest BCUT2D eigenvalue weighted by molar-refractivity contribution is 1.46. The van der Waals surface area contributed by atoms with Gasteiger partial charge in [0.15, 0.2) is 0 Å². The summed E-state index contributed by atoms with van der Waals surface area (Å²) >= 11 is 0. The monoisotopic (exact) mass is 318 g/mol. The Morgan fingerprint density at radius 2 is 1.12 bits per heavy atom. The average molecular weight is 318 g/mol. The Labute approximate surface area is 149 Å². The van der Waals surface area contributed by atoms with Gasteiger partial charge in [0.25, 0.3) is 0 Å². The van der Waals surface area contributed by atoms with E-state index in [0.717, 1.165) is 22.3 Å². The summed E-state index contributed by atoms with van der Waals surface area (Å²) in [6.45, 7) is 2.08. The number of rotatable bonds is 1. The van der Waals surface area contributed by atoms with Crippen LogP contribution in [0.4, 0.5) is 0 Å². The lowest BCUT2D eigenvalue weighted by Gasteiger charge is -1.96. The second kappa shape index (κ2) is 8.39. The fourth-order valence-electron chi connectivity index (χ4n) is 2.25. The zero-order chi connectivity index (χ0) is 17.3. The molecule has 0 nitrogen and oxygen atoms in total. The van der Waals surface area contributed by atoms with Crippen molar-refractivity contribution in [2.24, 2.45) is 0 Å². The van der Waals surface area contributed by atoms with Gasteiger partial charge in [-0.25, -0.2) is 0 Å². The lowest BCUT2D eigenvalue weighted by atomic mass is 10.1. The van der Waals surface area contributed by atoms with Crippen LogP contribution >= 0.6 is 0 Å². The van der Waals surface area contributed by atoms with Crippen LogP contribution in [0.1, 0.15) is 22.3 Å². The molecule has 0 bridgehead atoms. The summed E-state index contributed by atoms with van der Waals surface area (Å²) in [6, 6.07) is 28.3. The smallest absolute Gasteiger partial charge is 0.0622 e. The van der Waals surface area contributed by atoms with Crippen LogP contribution in [0.2, 0.25) is 0 Å². The van der Waals surface area contributed by atoms with Crippen LogP contribution in [0, 0.1) is 30.6 Å². The molecule has 3 rings (SSSR count). The molecule has 0 radical (unpaired) electrons. The highest BCUT2D eigenvalue weighted by Crippen LogP contribution is 2.09. The van der Waals surface area contributed by atoms with Crippen LogP contribution in [0.15, 0.2) is 90.5 Å². The highest BCUT2D eigenvalue weighted by molar-refractivity contribution is 5.66. The Balaban J connectivity index is 1.95. The van der Waals surface area contributed by atoms with E-state index in [2.05, 4.69) is 54.9 Å². The topological polar surface area (TPSA) is 0 Å². The standard InChI is InChI=1S/C25H18/c1-21-12-14-24(15-13-21)20-25(18-16-22-8-4-2-5-9-22)19-17-23-10-6-3-7-11-23/h2-15,20H,1H3. The maximum atomic E-state index is 3.21. The molecule has 0 spiro atoms. The molecule has 0 amide bonds. The summed E-state index contributed by atoms with van der Waals surface area (Å²) in [7, 11) is 0. The van der Waals surface area contributed by atoms with E-state index in [1.165, 1.54) is 5.56 Å². The molecule has 3 aromatic carbocycles. The van der Waals surface area contributed by atoms with Gasteiger partial charge in [-0.05, 0) is 42.8 Å². The number of allylic oxidation sites excluding steroid dienone is 1. The maximum absolute atomic E-state index is 3.21. The van der Waals surface area contributed by atoms with E-state index >= 15 is 0 Å². The fourth-order valence-corrected chi connectivity index (χ4v) is 2.25. The van der Waals surface area contributed by atoms with Gasteiger partial charge in [0.1, 0.15) is 0 Å². The van der Waals surface area contributed by atoms with Gasteiger partial charge in [-0.3, -0.25) is 0 Å². The van der Waals surface area contributed by atoms with E-state index in [1.807, 2.05) is 66.7 Å². The zero-order valence-corrected chi connectivity index (χ0v) is 14.2. The van der Waals surface area contributed by atoms with Gasteiger partial charge < -0.3 is 0 Å². The van der Waals surface area contributed by atoms with Crippen LogP contribution in [-0.2, 0) is 0 Å². The van der Waals surface area contributed by atoms with E-state index in [4.69, 9.17) is 0 Å². The van der Waals surface area contributed by atoms with Crippen molar-refractivity contribution in [3.63, 3.8) is 0 Å². The van der Waals surface area contributed by atoms with Crippen molar-refractivity contribution >= 4 is 6.08 Å². The first-order valence-electron chi connectivity index (χ1n) is 8.22. The van der Waals surface area contributed by atoms with Gasteiger partial charge in [-0.15, -0.1) is 0 Å². The minimum atomic E-state index is 0.802. The summed E-state index contributed by atoms with van der Waals surface area (Å²) in [5, 5.41) is 0. The van der Waals surface area contributed by atoms with Crippen molar-refractivity contribution in [1.82, 2.24) is 0 Å². The lowest BCUT2D eigenvalue weighted by Crippen LogP contribution is -1.80. The zero-order valence-electron chi connectivity index (χ0n) is 14.2. The molecule has 118 valence electrons. The molecule has 0 heteroatoms. The molecule has 0 aliphatic heterocycles. The Bertz CT molecular complexity index is 909. The highest BCUT2D eigenvalue weighted by Gasteiger charge is 1.92. The molecule has 0 heterocycles. The average Bonchev–Trinajstić information content (AvgIpc) is 2.67. The molecule has 0 saturated heterocycles.